The SMILES string of the molecule is CSc1nc2c(c(OCc3ccccc3)n1)COC(c1cccc3cccc(C)c13)C2. The molecule has 1 aliphatic rings. The first-order valence-electron chi connectivity index (χ1n) is 10.4. The molecule has 2 heterocycles. The van der Waals surface area contributed by atoms with Crippen LogP contribution in [0.15, 0.2) is 71.9 Å². The summed E-state index contributed by atoms with van der Waals surface area (Å²) in [4.78, 5) is 9.45. The van der Waals surface area contributed by atoms with Crippen molar-refractivity contribution in [2.45, 2.75) is 37.8 Å². The second-order valence-electron chi connectivity index (χ2n) is 7.74. The predicted octanol–water partition coefficient (Wildman–Crippen LogP) is 6.05. The second-order valence-corrected chi connectivity index (χ2v) is 8.51. The summed E-state index contributed by atoms with van der Waals surface area (Å²) in [6.07, 6.45) is 2.66. The van der Waals surface area contributed by atoms with E-state index >= 15 is 0 Å². The predicted molar refractivity (Wildman–Crippen MR) is 125 cm³/mol. The van der Waals surface area contributed by atoms with Gasteiger partial charge in [-0.15, -0.1) is 0 Å². The zero-order chi connectivity index (χ0) is 21.2. The van der Waals surface area contributed by atoms with E-state index in [1.54, 1.807) is 0 Å². The van der Waals surface area contributed by atoms with E-state index in [0.717, 1.165) is 22.0 Å². The minimum absolute atomic E-state index is 0.0381. The van der Waals surface area contributed by atoms with Crippen molar-refractivity contribution < 1.29 is 9.47 Å². The number of hydrogen-bond donors (Lipinski definition) is 0. The molecule has 1 atom stereocenters. The van der Waals surface area contributed by atoms with Gasteiger partial charge in [0.15, 0.2) is 5.16 Å². The molecule has 0 bridgehead atoms. The highest BCUT2D eigenvalue weighted by Crippen LogP contribution is 2.37. The molecule has 0 aliphatic carbocycles. The number of thioether (sulfide) groups is 1. The van der Waals surface area contributed by atoms with E-state index in [2.05, 4.69) is 60.4 Å². The third-order valence-electron chi connectivity index (χ3n) is 5.73. The van der Waals surface area contributed by atoms with Crippen molar-refractivity contribution in [3.8, 4) is 5.88 Å². The fourth-order valence-electron chi connectivity index (χ4n) is 4.19. The first kappa shape index (κ1) is 20.0. The Morgan fingerprint density at radius 2 is 1.81 bits per heavy atom. The maximum Gasteiger partial charge on any atom is 0.223 e. The minimum atomic E-state index is -0.0381. The summed E-state index contributed by atoms with van der Waals surface area (Å²) < 4.78 is 12.5. The van der Waals surface area contributed by atoms with Gasteiger partial charge in [0, 0.05) is 6.42 Å². The number of aromatic nitrogens is 2. The molecule has 31 heavy (non-hydrogen) atoms. The zero-order valence-electron chi connectivity index (χ0n) is 17.7. The van der Waals surface area contributed by atoms with Crippen LogP contribution in [0.2, 0.25) is 0 Å². The fraction of sp³-hybridized carbons (Fsp3) is 0.231. The van der Waals surface area contributed by atoms with Gasteiger partial charge in [-0.25, -0.2) is 4.98 Å². The first-order chi connectivity index (χ1) is 15.2. The maximum absolute atomic E-state index is 6.35. The van der Waals surface area contributed by atoms with E-state index in [-0.39, 0.29) is 6.10 Å². The van der Waals surface area contributed by atoms with E-state index in [4.69, 9.17) is 14.5 Å². The summed E-state index contributed by atoms with van der Waals surface area (Å²) in [6.45, 7) is 3.08. The first-order valence-corrected chi connectivity index (χ1v) is 11.7. The van der Waals surface area contributed by atoms with Crippen molar-refractivity contribution in [3.63, 3.8) is 0 Å². The molecule has 1 aromatic heterocycles. The third-order valence-corrected chi connectivity index (χ3v) is 6.28. The molecule has 5 heteroatoms. The molecule has 3 aromatic carbocycles. The van der Waals surface area contributed by atoms with Crippen LogP contribution in [0.25, 0.3) is 10.8 Å². The van der Waals surface area contributed by atoms with Crippen LogP contribution in [-0.4, -0.2) is 16.2 Å². The van der Waals surface area contributed by atoms with Crippen LogP contribution >= 0.6 is 11.8 Å². The van der Waals surface area contributed by atoms with Crippen molar-refractivity contribution in [1.29, 1.82) is 0 Å². The molecule has 0 amide bonds. The lowest BCUT2D eigenvalue weighted by atomic mass is 9.93. The number of nitrogens with zero attached hydrogens (tertiary/aromatic N) is 2. The standard InChI is InChI=1S/C26H24N2O2S/c1-17-8-6-11-19-12-7-13-20(24(17)19)23-14-22-21(16-29-23)25(28-26(27-22)31-2)30-15-18-9-4-3-5-10-18/h3-13,23H,14-16H2,1-2H3. The molecule has 1 aliphatic heterocycles. The Morgan fingerprint density at radius 1 is 1.00 bits per heavy atom. The molecule has 0 saturated heterocycles. The van der Waals surface area contributed by atoms with Crippen LogP contribution < -0.4 is 4.74 Å². The lowest BCUT2D eigenvalue weighted by Crippen LogP contribution is -2.19. The van der Waals surface area contributed by atoms with E-state index < -0.39 is 0 Å². The molecule has 4 aromatic rings. The Labute approximate surface area is 186 Å². The average Bonchev–Trinajstić information content (AvgIpc) is 2.82. The highest BCUT2D eigenvalue weighted by Gasteiger charge is 2.27. The molecule has 0 N–H and O–H groups in total. The number of hydrogen-bond acceptors (Lipinski definition) is 5. The van der Waals surface area contributed by atoms with Gasteiger partial charge < -0.3 is 9.47 Å². The second kappa shape index (κ2) is 8.69. The lowest BCUT2D eigenvalue weighted by Gasteiger charge is -2.27. The van der Waals surface area contributed by atoms with E-state index in [1.807, 2.05) is 24.5 Å². The summed E-state index contributed by atoms with van der Waals surface area (Å²) in [5, 5.41) is 3.25. The highest BCUT2D eigenvalue weighted by molar-refractivity contribution is 7.98. The molecule has 0 spiro atoms. The van der Waals surface area contributed by atoms with Gasteiger partial charge in [-0.3, -0.25) is 0 Å². The minimum Gasteiger partial charge on any atom is -0.472 e. The smallest absolute Gasteiger partial charge is 0.223 e. The van der Waals surface area contributed by atoms with Crippen LogP contribution in [0.4, 0.5) is 0 Å². The molecule has 0 radical (unpaired) electrons. The van der Waals surface area contributed by atoms with Crippen LogP contribution in [0.1, 0.15) is 34.1 Å². The van der Waals surface area contributed by atoms with Crippen molar-refractivity contribution >= 4 is 22.5 Å². The van der Waals surface area contributed by atoms with E-state index in [9.17, 15) is 0 Å². The molecule has 0 fully saturated rings. The Balaban J connectivity index is 1.48. The fourth-order valence-corrected chi connectivity index (χ4v) is 4.56. The number of rotatable bonds is 5. The van der Waals surface area contributed by atoms with Gasteiger partial charge in [0.05, 0.1) is 24.0 Å². The normalized spacial score (nSPS) is 15.6. The Morgan fingerprint density at radius 3 is 2.61 bits per heavy atom. The van der Waals surface area contributed by atoms with Crippen molar-refractivity contribution in [2.75, 3.05) is 6.26 Å². The Hall–Kier alpha value is -2.89. The zero-order valence-corrected chi connectivity index (χ0v) is 18.5. The average molecular weight is 429 g/mol. The van der Waals surface area contributed by atoms with E-state index in [1.165, 1.54) is 33.7 Å². The third kappa shape index (κ3) is 4.03. The van der Waals surface area contributed by atoms with Crippen LogP contribution in [0.5, 0.6) is 5.88 Å². The Bertz CT molecular complexity index is 1220. The quantitative estimate of drug-likeness (QED) is 0.286. The summed E-state index contributed by atoms with van der Waals surface area (Å²) in [5.41, 5.74) is 5.58. The van der Waals surface area contributed by atoms with Gasteiger partial charge in [0.25, 0.3) is 0 Å². The summed E-state index contributed by atoms with van der Waals surface area (Å²) >= 11 is 1.54. The maximum atomic E-state index is 6.35. The van der Waals surface area contributed by atoms with Crippen LogP contribution in [-0.2, 0) is 24.4 Å². The monoisotopic (exact) mass is 428 g/mol. The Kier molecular flexibility index (Phi) is 5.62. The van der Waals surface area contributed by atoms with Crippen LogP contribution in [0, 0.1) is 6.92 Å². The highest BCUT2D eigenvalue weighted by atomic mass is 32.2. The molecule has 156 valence electrons. The van der Waals surface area contributed by atoms with Gasteiger partial charge >= 0.3 is 0 Å². The molecule has 5 rings (SSSR count). The molecule has 0 saturated carbocycles. The van der Waals surface area contributed by atoms with Crippen LogP contribution in [0.3, 0.4) is 0 Å². The van der Waals surface area contributed by atoms with E-state index in [0.29, 0.717) is 25.5 Å². The largest absolute Gasteiger partial charge is 0.472 e. The lowest BCUT2D eigenvalue weighted by molar-refractivity contribution is 0.0241. The van der Waals surface area contributed by atoms with Crippen molar-refractivity contribution in [2.24, 2.45) is 0 Å². The number of aryl methyl sites for hydroxylation is 1. The summed E-state index contributed by atoms with van der Waals surface area (Å²) in [7, 11) is 0. The molecule has 4 nitrogen and oxygen atoms in total. The van der Waals surface area contributed by atoms with Gasteiger partial charge in [0.1, 0.15) is 6.61 Å². The van der Waals surface area contributed by atoms with Crippen molar-refractivity contribution in [3.05, 3.63) is 94.7 Å². The number of ether oxygens (including phenoxy) is 2. The van der Waals surface area contributed by atoms with Gasteiger partial charge in [0.2, 0.25) is 5.88 Å². The molecule has 1 unspecified atom stereocenters. The summed E-state index contributed by atoms with van der Waals surface area (Å²) in [5.74, 6) is 0.630. The van der Waals surface area contributed by atoms with Gasteiger partial charge in [-0.05, 0) is 40.6 Å². The molecular formula is C26H24N2O2S. The van der Waals surface area contributed by atoms with Crippen molar-refractivity contribution in [1.82, 2.24) is 9.97 Å². The molecular weight excluding hydrogens is 404 g/mol. The summed E-state index contributed by atoms with van der Waals surface area (Å²) in [6, 6.07) is 23.0. The number of fused-ring (bicyclic) bond motifs is 2. The van der Waals surface area contributed by atoms with Gasteiger partial charge in [-0.2, -0.15) is 4.98 Å². The topological polar surface area (TPSA) is 44.2 Å². The van der Waals surface area contributed by atoms with Gasteiger partial charge in [-0.1, -0.05) is 78.5 Å². The number of benzene rings is 3.